The molecule has 3 atom stereocenters. The molecule has 31 heavy (non-hydrogen) atoms. The number of β-lactam (4-membered cyclic amide) rings is 1. The molecule has 3 heterocycles. The van der Waals surface area contributed by atoms with Gasteiger partial charge in [0.25, 0.3) is 5.91 Å². The summed E-state index contributed by atoms with van der Waals surface area (Å²) in [5, 5.41) is 13.4. The molecule has 0 bridgehead atoms. The van der Waals surface area contributed by atoms with Gasteiger partial charge in [0, 0.05) is 12.8 Å². The van der Waals surface area contributed by atoms with Gasteiger partial charge in [0.2, 0.25) is 5.91 Å². The Bertz CT molecular complexity index is 992. The summed E-state index contributed by atoms with van der Waals surface area (Å²) < 4.78 is 0. The molecular formula is C21H21N3O6S. The summed E-state index contributed by atoms with van der Waals surface area (Å²) in [4.78, 5) is 54.5. The van der Waals surface area contributed by atoms with Gasteiger partial charge in [-0.15, -0.1) is 16.8 Å². The highest BCUT2D eigenvalue weighted by Gasteiger charge is 2.53. The number of amides is 2. The molecule has 0 aliphatic carbocycles. The lowest BCUT2D eigenvalue weighted by atomic mass is 10.0. The number of hydroxylamine groups is 2. The van der Waals surface area contributed by atoms with Crippen LogP contribution in [0.4, 0.5) is 0 Å². The number of nitrogens with one attached hydrogen (secondary N) is 1. The van der Waals surface area contributed by atoms with Crippen LogP contribution in [0.25, 0.3) is 0 Å². The number of nitrogens with zero attached hydrogens (tertiary/aromatic N) is 2. The summed E-state index contributed by atoms with van der Waals surface area (Å²) in [5.74, 6) is -1.93. The topological polar surface area (TPSA) is 116 Å². The summed E-state index contributed by atoms with van der Waals surface area (Å²) in [6.45, 7) is 0. The number of allylic oxidation sites excluding steroid dienone is 1. The fraction of sp³-hybridized carbons (Fsp3) is 0.333. The summed E-state index contributed by atoms with van der Waals surface area (Å²) >= 11 is 1.39. The van der Waals surface area contributed by atoms with Crippen LogP contribution in [0.3, 0.4) is 0 Å². The van der Waals surface area contributed by atoms with Crippen LogP contribution in [-0.4, -0.2) is 69.1 Å². The highest BCUT2D eigenvalue weighted by atomic mass is 32.2. The number of hydrogen-bond donors (Lipinski definition) is 2. The normalized spacial score (nSPS) is 26.0. The van der Waals surface area contributed by atoms with E-state index >= 15 is 0 Å². The van der Waals surface area contributed by atoms with Crippen molar-refractivity contribution < 1.29 is 29.1 Å². The lowest BCUT2D eigenvalue weighted by Crippen LogP contribution is -2.70. The molecule has 2 amide bonds. The van der Waals surface area contributed by atoms with E-state index in [0.717, 1.165) is 5.56 Å². The third-order valence-electron chi connectivity index (χ3n) is 5.33. The van der Waals surface area contributed by atoms with Crippen LogP contribution in [0, 0.1) is 0 Å². The second kappa shape index (κ2) is 8.56. The summed E-state index contributed by atoms with van der Waals surface area (Å²) in [6.07, 6.45) is 3.65. The zero-order chi connectivity index (χ0) is 22.1. The van der Waals surface area contributed by atoms with E-state index in [9.17, 15) is 24.3 Å². The van der Waals surface area contributed by atoms with Crippen molar-refractivity contribution in [3.63, 3.8) is 0 Å². The van der Waals surface area contributed by atoms with Gasteiger partial charge in [-0.3, -0.25) is 19.3 Å². The minimum absolute atomic E-state index is 0.0912. The molecule has 0 radical (unpaired) electrons. The zero-order valence-electron chi connectivity index (χ0n) is 16.7. The molecule has 3 aliphatic rings. The van der Waals surface area contributed by atoms with Gasteiger partial charge in [0.1, 0.15) is 17.1 Å². The fourth-order valence-corrected chi connectivity index (χ4v) is 5.08. The summed E-state index contributed by atoms with van der Waals surface area (Å²) in [7, 11) is 1.62. The maximum atomic E-state index is 12.7. The molecule has 9 nitrogen and oxygen atoms in total. The first-order chi connectivity index (χ1) is 14.8. The Morgan fingerprint density at radius 1 is 1.29 bits per heavy atom. The Hall–Kier alpha value is -3.11. The van der Waals surface area contributed by atoms with E-state index in [1.807, 2.05) is 30.3 Å². The van der Waals surface area contributed by atoms with Crippen molar-refractivity contribution in [3.8, 4) is 0 Å². The predicted molar refractivity (Wildman–Crippen MR) is 111 cm³/mol. The van der Waals surface area contributed by atoms with Crippen molar-refractivity contribution >= 4 is 35.5 Å². The highest BCUT2D eigenvalue weighted by molar-refractivity contribution is 8.00. The van der Waals surface area contributed by atoms with E-state index in [0.29, 0.717) is 11.3 Å². The number of hydrogen-bond acceptors (Lipinski definition) is 7. The van der Waals surface area contributed by atoms with E-state index in [4.69, 9.17) is 4.84 Å². The van der Waals surface area contributed by atoms with E-state index in [1.54, 1.807) is 19.2 Å². The number of aliphatic carboxylic acids is 1. The molecule has 2 fully saturated rings. The van der Waals surface area contributed by atoms with Gasteiger partial charge in [-0.2, -0.15) is 0 Å². The lowest BCUT2D eigenvalue weighted by Gasteiger charge is -2.49. The molecule has 2 saturated heterocycles. The molecule has 2 N–H and O–H groups in total. The van der Waals surface area contributed by atoms with Crippen molar-refractivity contribution in [1.29, 1.82) is 0 Å². The minimum atomic E-state index is -1.21. The van der Waals surface area contributed by atoms with Crippen LogP contribution >= 0.6 is 11.8 Å². The average Bonchev–Trinajstić information content (AvgIpc) is 3.07. The SMILES string of the molecule is CN1OC(=O)CC1/C=C/C1=C(C(=O)O)N2C(=O)C(NC(=O)Cc3ccccc3)[C@H]2SC1. The van der Waals surface area contributed by atoms with Crippen LogP contribution in [-0.2, 0) is 30.4 Å². The van der Waals surface area contributed by atoms with Crippen LogP contribution in [0.1, 0.15) is 12.0 Å². The van der Waals surface area contributed by atoms with Crippen molar-refractivity contribution in [1.82, 2.24) is 15.3 Å². The second-order valence-electron chi connectivity index (χ2n) is 7.44. The molecule has 3 aliphatic heterocycles. The third-order valence-corrected chi connectivity index (χ3v) is 6.63. The van der Waals surface area contributed by atoms with Crippen LogP contribution < -0.4 is 5.32 Å². The van der Waals surface area contributed by atoms with E-state index in [2.05, 4.69) is 5.32 Å². The first-order valence-electron chi connectivity index (χ1n) is 9.71. The number of carbonyl (C=O) groups is 4. The van der Waals surface area contributed by atoms with Gasteiger partial charge < -0.3 is 15.3 Å². The highest BCUT2D eigenvalue weighted by Crippen LogP contribution is 2.40. The monoisotopic (exact) mass is 443 g/mol. The Balaban J connectivity index is 1.46. The molecule has 0 saturated carbocycles. The molecule has 1 aromatic carbocycles. The van der Waals surface area contributed by atoms with Gasteiger partial charge in [-0.05, 0) is 11.1 Å². The lowest BCUT2D eigenvalue weighted by molar-refractivity contribution is -0.167. The Labute approximate surface area is 182 Å². The number of thioether (sulfide) groups is 1. The Morgan fingerprint density at radius 2 is 2.03 bits per heavy atom. The number of rotatable bonds is 6. The molecule has 1 aromatic rings. The fourth-order valence-electron chi connectivity index (χ4n) is 3.76. The number of fused-ring (bicyclic) bond motifs is 1. The molecular weight excluding hydrogens is 422 g/mol. The van der Waals surface area contributed by atoms with Crippen molar-refractivity contribution in [2.45, 2.75) is 30.3 Å². The predicted octanol–water partition coefficient (Wildman–Crippen LogP) is 0.686. The smallest absolute Gasteiger partial charge is 0.352 e. The van der Waals surface area contributed by atoms with Crippen LogP contribution in [0.5, 0.6) is 0 Å². The van der Waals surface area contributed by atoms with Gasteiger partial charge in [0.05, 0.1) is 18.9 Å². The average molecular weight is 443 g/mol. The largest absolute Gasteiger partial charge is 0.477 e. The summed E-state index contributed by atoms with van der Waals surface area (Å²) in [5.41, 5.74) is 1.22. The van der Waals surface area contributed by atoms with Crippen molar-refractivity contribution in [3.05, 3.63) is 59.3 Å². The molecule has 0 spiro atoms. The first-order valence-corrected chi connectivity index (χ1v) is 10.8. The maximum Gasteiger partial charge on any atom is 0.352 e. The standard InChI is InChI=1S/C21H21N3O6S/c1-23-14(10-16(26)30-23)8-7-13-11-31-20-17(19(27)24(20)18(13)21(28)29)22-15(25)9-12-5-3-2-4-6-12/h2-8,14,17,20H,9-11H2,1H3,(H,22,25)(H,28,29)/b8-7+/t14?,17?,20-/m1/s1. The second-order valence-corrected chi connectivity index (χ2v) is 8.54. The van der Waals surface area contributed by atoms with Crippen LogP contribution in [0.15, 0.2) is 53.8 Å². The quantitative estimate of drug-likeness (QED) is 0.617. The number of carboxylic acid groups (broad SMARTS) is 1. The van der Waals surface area contributed by atoms with E-state index in [1.165, 1.54) is 21.7 Å². The Morgan fingerprint density at radius 3 is 2.68 bits per heavy atom. The zero-order valence-corrected chi connectivity index (χ0v) is 17.5. The van der Waals surface area contributed by atoms with Crippen molar-refractivity contribution in [2.75, 3.05) is 12.8 Å². The molecule has 162 valence electrons. The van der Waals surface area contributed by atoms with Gasteiger partial charge in [-0.25, -0.2) is 4.79 Å². The molecule has 2 unspecified atom stereocenters. The molecule has 10 heteroatoms. The van der Waals surface area contributed by atoms with Gasteiger partial charge in [-0.1, -0.05) is 42.5 Å². The first kappa shape index (κ1) is 21.1. The van der Waals surface area contributed by atoms with E-state index < -0.39 is 23.3 Å². The van der Waals surface area contributed by atoms with E-state index in [-0.39, 0.29) is 36.5 Å². The molecule has 0 aromatic heterocycles. The minimum Gasteiger partial charge on any atom is -0.477 e. The number of likely N-dealkylation sites (N-methyl/N-ethyl adjacent to an activating group) is 1. The maximum absolute atomic E-state index is 12.7. The number of carbonyl (C=O) groups excluding carboxylic acids is 3. The third kappa shape index (κ3) is 4.21. The summed E-state index contributed by atoms with van der Waals surface area (Å²) in [6, 6.07) is 8.13. The van der Waals surface area contributed by atoms with Gasteiger partial charge >= 0.3 is 11.9 Å². The Kier molecular flexibility index (Phi) is 5.84. The van der Waals surface area contributed by atoms with Crippen LogP contribution in [0.2, 0.25) is 0 Å². The number of benzene rings is 1. The van der Waals surface area contributed by atoms with Gasteiger partial charge in [0.15, 0.2) is 0 Å². The molecule has 4 rings (SSSR count). The van der Waals surface area contributed by atoms with Crippen molar-refractivity contribution in [2.24, 2.45) is 0 Å². The number of carboxylic acids is 1.